The summed E-state index contributed by atoms with van der Waals surface area (Å²) in [5.41, 5.74) is 1.66. The Labute approximate surface area is 127 Å². The molecule has 3 rings (SSSR count). The van der Waals surface area contributed by atoms with Crippen molar-refractivity contribution in [2.24, 2.45) is 0 Å². The van der Waals surface area contributed by atoms with Gasteiger partial charge >= 0.3 is 0 Å². The molecule has 1 aromatic carbocycles. The van der Waals surface area contributed by atoms with Gasteiger partial charge in [-0.2, -0.15) is 0 Å². The Hall–Kier alpha value is -2.04. The van der Waals surface area contributed by atoms with Gasteiger partial charge in [0.15, 0.2) is 5.58 Å². The lowest BCUT2D eigenvalue weighted by atomic mass is 10.0. The number of para-hydroxylation sites is 1. The Bertz CT molecular complexity index is 770. The van der Waals surface area contributed by atoms with Crippen LogP contribution >= 0.6 is 11.6 Å². The van der Waals surface area contributed by atoms with Gasteiger partial charge in [-0.1, -0.05) is 23.7 Å². The first-order valence-corrected chi connectivity index (χ1v) is 6.95. The molecule has 0 radical (unpaired) electrons. The predicted octanol–water partition coefficient (Wildman–Crippen LogP) is 3.80. The predicted molar refractivity (Wildman–Crippen MR) is 82.9 cm³/mol. The van der Waals surface area contributed by atoms with Crippen LogP contribution in [0.25, 0.3) is 11.0 Å². The third-order valence-corrected chi connectivity index (χ3v) is 3.73. The van der Waals surface area contributed by atoms with Gasteiger partial charge in [0.05, 0.1) is 24.4 Å². The van der Waals surface area contributed by atoms with Crippen molar-refractivity contribution in [1.82, 2.24) is 10.3 Å². The topological polar surface area (TPSA) is 47.3 Å². The summed E-state index contributed by atoms with van der Waals surface area (Å²) in [7, 11) is 3.50. The lowest BCUT2D eigenvalue weighted by molar-refractivity contribution is 0.397. The van der Waals surface area contributed by atoms with Gasteiger partial charge in [0, 0.05) is 17.1 Å². The minimum atomic E-state index is -0.133. The zero-order chi connectivity index (χ0) is 14.8. The molecular weight excluding hydrogens is 288 g/mol. The molecule has 0 spiro atoms. The van der Waals surface area contributed by atoms with E-state index in [1.165, 1.54) is 0 Å². The number of nitrogens with zero attached hydrogens (tertiary/aromatic N) is 1. The molecule has 3 aromatic rings. The van der Waals surface area contributed by atoms with Crippen LogP contribution in [0.1, 0.15) is 17.4 Å². The molecule has 2 heterocycles. The van der Waals surface area contributed by atoms with Gasteiger partial charge in [-0.15, -0.1) is 0 Å². The van der Waals surface area contributed by atoms with Crippen LogP contribution < -0.4 is 10.1 Å². The fourth-order valence-electron chi connectivity index (χ4n) is 2.44. The SMILES string of the molecule is CNC(c1cc2cccc(Cl)c2o1)c1ccncc1OC. The molecule has 21 heavy (non-hydrogen) atoms. The lowest BCUT2D eigenvalue weighted by Gasteiger charge is -2.16. The van der Waals surface area contributed by atoms with E-state index in [2.05, 4.69) is 10.3 Å². The molecule has 1 unspecified atom stereocenters. The summed E-state index contributed by atoms with van der Waals surface area (Å²) in [5.74, 6) is 1.49. The summed E-state index contributed by atoms with van der Waals surface area (Å²) in [6.07, 6.45) is 3.42. The van der Waals surface area contributed by atoms with Crippen molar-refractivity contribution in [1.29, 1.82) is 0 Å². The second-order valence-electron chi connectivity index (χ2n) is 4.65. The van der Waals surface area contributed by atoms with Gasteiger partial charge in [-0.3, -0.25) is 4.98 Å². The van der Waals surface area contributed by atoms with Crippen LogP contribution in [0.3, 0.4) is 0 Å². The standard InChI is InChI=1S/C16H15ClN2O2/c1-18-15(11-6-7-19-9-14(11)20-2)13-8-10-4-3-5-12(17)16(10)21-13/h3-9,15,18H,1-2H3. The maximum atomic E-state index is 6.17. The maximum Gasteiger partial charge on any atom is 0.152 e. The van der Waals surface area contributed by atoms with E-state index >= 15 is 0 Å². The molecule has 0 amide bonds. The van der Waals surface area contributed by atoms with E-state index in [0.717, 1.165) is 16.7 Å². The quantitative estimate of drug-likeness (QED) is 0.796. The van der Waals surface area contributed by atoms with Crippen molar-refractivity contribution in [2.75, 3.05) is 14.2 Å². The lowest BCUT2D eigenvalue weighted by Crippen LogP contribution is -2.17. The molecule has 0 fully saturated rings. The number of hydrogen-bond acceptors (Lipinski definition) is 4. The molecule has 0 saturated heterocycles. The van der Waals surface area contributed by atoms with Crippen molar-refractivity contribution >= 4 is 22.6 Å². The van der Waals surface area contributed by atoms with Crippen LogP contribution in [0, 0.1) is 0 Å². The van der Waals surface area contributed by atoms with E-state index in [0.29, 0.717) is 16.4 Å². The number of pyridine rings is 1. The Morgan fingerprint density at radius 1 is 1.33 bits per heavy atom. The van der Waals surface area contributed by atoms with Gasteiger partial charge in [0.2, 0.25) is 0 Å². The minimum Gasteiger partial charge on any atom is -0.495 e. The highest BCUT2D eigenvalue weighted by molar-refractivity contribution is 6.34. The van der Waals surface area contributed by atoms with Crippen LogP contribution in [0.4, 0.5) is 0 Å². The largest absolute Gasteiger partial charge is 0.495 e. The van der Waals surface area contributed by atoms with Crippen molar-refractivity contribution in [3.05, 3.63) is 59.1 Å². The Kier molecular flexibility index (Phi) is 3.82. The number of fused-ring (bicyclic) bond motifs is 1. The van der Waals surface area contributed by atoms with Crippen molar-refractivity contribution in [3.8, 4) is 5.75 Å². The highest BCUT2D eigenvalue weighted by atomic mass is 35.5. The normalized spacial score (nSPS) is 12.5. The molecule has 108 valence electrons. The number of aromatic nitrogens is 1. The summed E-state index contributed by atoms with van der Waals surface area (Å²) in [6.45, 7) is 0. The zero-order valence-electron chi connectivity index (χ0n) is 11.8. The number of halogens is 1. The Morgan fingerprint density at radius 3 is 2.90 bits per heavy atom. The molecule has 1 atom stereocenters. The van der Waals surface area contributed by atoms with Crippen LogP contribution in [0.15, 0.2) is 47.1 Å². The summed E-state index contributed by atoms with van der Waals surface area (Å²) >= 11 is 6.17. The Balaban J connectivity index is 2.12. The molecule has 0 aliphatic rings. The first kappa shape index (κ1) is 13.9. The van der Waals surface area contributed by atoms with Gasteiger partial charge in [0.25, 0.3) is 0 Å². The first-order chi connectivity index (χ1) is 10.2. The van der Waals surface area contributed by atoms with E-state index in [1.807, 2.05) is 37.4 Å². The third-order valence-electron chi connectivity index (χ3n) is 3.44. The maximum absolute atomic E-state index is 6.17. The van der Waals surface area contributed by atoms with Gasteiger partial charge < -0.3 is 14.5 Å². The average Bonchev–Trinajstić information content (AvgIpc) is 2.94. The van der Waals surface area contributed by atoms with Crippen molar-refractivity contribution in [2.45, 2.75) is 6.04 Å². The smallest absolute Gasteiger partial charge is 0.152 e. The molecular formula is C16H15ClN2O2. The number of nitrogens with one attached hydrogen (secondary N) is 1. The molecule has 0 saturated carbocycles. The molecule has 2 aromatic heterocycles. The van der Waals surface area contributed by atoms with Gasteiger partial charge in [-0.05, 0) is 25.2 Å². The van der Waals surface area contributed by atoms with E-state index in [1.54, 1.807) is 19.5 Å². The number of methoxy groups -OCH3 is 1. The zero-order valence-corrected chi connectivity index (χ0v) is 12.5. The number of ether oxygens (including phenoxy) is 1. The minimum absolute atomic E-state index is 0.133. The van der Waals surface area contributed by atoms with E-state index in [4.69, 9.17) is 20.8 Å². The molecule has 4 nitrogen and oxygen atoms in total. The summed E-state index contributed by atoms with van der Waals surface area (Å²) in [6, 6.07) is 9.47. The second kappa shape index (κ2) is 5.76. The second-order valence-corrected chi connectivity index (χ2v) is 5.05. The van der Waals surface area contributed by atoms with Crippen LogP contribution in [0.5, 0.6) is 5.75 Å². The highest BCUT2D eigenvalue weighted by Crippen LogP contribution is 2.34. The fourth-order valence-corrected chi connectivity index (χ4v) is 2.66. The van der Waals surface area contributed by atoms with Gasteiger partial charge in [-0.25, -0.2) is 0 Å². The van der Waals surface area contributed by atoms with Crippen LogP contribution in [0.2, 0.25) is 5.02 Å². The van der Waals surface area contributed by atoms with Gasteiger partial charge in [0.1, 0.15) is 11.5 Å². The molecule has 0 aliphatic carbocycles. The molecule has 0 bridgehead atoms. The van der Waals surface area contributed by atoms with E-state index in [-0.39, 0.29) is 6.04 Å². The Morgan fingerprint density at radius 2 is 2.19 bits per heavy atom. The molecule has 1 N–H and O–H groups in total. The van der Waals surface area contributed by atoms with Crippen LogP contribution in [-0.4, -0.2) is 19.1 Å². The molecule has 0 aliphatic heterocycles. The van der Waals surface area contributed by atoms with E-state index in [9.17, 15) is 0 Å². The highest BCUT2D eigenvalue weighted by Gasteiger charge is 2.21. The van der Waals surface area contributed by atoms with Crippen LogP contribution in [-0.2, 0) is 0 Å². The summed E-state index contributed by atoms with van der Waals surface area (Å²) < 4.78 is 11.3. The number of hydrogen-bond donors (Lipinski definition) is 1. The molecule has 5 heteroatoms. The van der Waals surface area contributed by atoms with Crippen molar-refractivity contribution < 1.29 is 9.15 Å². The number of rotatable bonds is 4. The van der Waals surface area contributed by atoms with Crippen molar-refractivity contribution in [3.63, 3.8) is 0 Å². The average molecular weight is 303 g/mol. The monoisotopic (exact) mass is 302 g/mol. The summed E-state index contributed by atoms with van der Waals surface area (Å²) in [5, 5.41) is 4.83. The number of benzene rings is 1. The first-order valence-electron chi connectivity index (χ1n) is 6.57. The third kappa shape index (κ3) is 2.48. The number of furan rings is 1. The van der Waals surface area contributed by atoms with E-state index < -0.39 is 0 Å². The summed E-state index contributed by atoms with van der Waals surface area (Å²) in [4.78, 5) is 4.08. The fraction of sp³-hybridized carbons (Fsp3) is 0.188.